The lowest BCUT2D eigenvalue weighted by molar-refractivity contribution is 0.390. The molecule has 1 aromatic heterocycles. The lowest BCUT2D eigenvalue weighted by Gasteiger charge is -2.15. The van der Waals surface area contributed by atoms with E-state index in [0.29, 0.717) is 0 Å². The third kappa shape index (κ3) is 2.64. The highest BCUT2D eigenvalue weighted by Crippen LogP contribution is 2.29. The Morgan fingerprint density at radius 3 is 2.62 bits per heavy atom. The molecule has 3 heteroatoms. The Balaban J connectivity index is 1.88. The first kappa shape index (κ1) is 11.6. The summed E-state index contributed by atoms with van der Waals surface area (Å²) in [6, 6.07) is 0.264. The molecule has 2 rings (SSSR count). The zero-order chi connectivity index (χ0) is 11.5. The Hall–Kier alpha value is -0.830. The van der Waals surface area contributed by atoms with Gasteiger partial charge in [0.15, 0.2) is 0 Å². The van der Waals surface area contributed by atoms with E-state index in [4.69, 9.17) is 10.3 Å². The van der Waals surface area contributed by atoms with Crippen molar-refractivity contribution in [2.45, 2.75) is 58.4 Å². The SMILES string of the molecule is Cc1noc(C)c1CC(N)CC1CCCC1. The second kappa shape index (κ2) is 5.00. The largest absolute Gasteiger partial charge is 0.361 e. The minimum Gasteiger partial charge on any atom is -0.361 e. The van der Waals surface area contributed by atoms with E-state index in [1.54, 1.807) is 0 Å². The average molecular weight is 222 g/mol. The maximum Gasteiger partial charge on any atom is 0.137 e. The molecular formula is C13H22N2O. The van der Waals surface area contributed by atoms with Crippen LogP contribution in [0.2, 0.25) is 0 Å². The first-order chi connectivity index (χ1) is 7.66. The van der Waals surface area contributed by atoms with Gasteiger partial charge in [-0.3, -0.25) is 0 Å². The highest BCUT2D eigenvalue weighted by molar-refractivity contribution is 5.21. The number of hydrogen-bond donors (Lipinski definition) is 1. The van der Waals surface area contributed by atoms with Crippen molar-refractivity contribution in [1.29, 1.82) is 0 Å². The van der Waals surface area contributed by atoms with Gasteiger partial charge in [0.25, 0.3) is 0 Å². The molecule has 1 aliphatic carbocycles. The molecule has 3 nitrogen and oxygen atoms in total. The van der Waals surface area contributed by atoms with E-state index in [1.807, 2.05) is 13.8 Å². The van der Waals surface area contributed by atoms with Gasteiger partial charge in [0, 0.05) is 11.6 Å². The Bertz CT molecular complexity index is 320. The molecule has 1 unspecified atom stereocenters. The fraction of sp³-hybridized carbons (Fsp3) is 0.769. The van der Waals surface area contributed by atoms with Crippen LogP contribution < -0.4 is 5.73 Å². The maximum absolute atomic E-state index is 6.21. The van der Waals surface area contributed by atoms with Gasteiger partial charge in [-0.05, 0) is 32.6 Å². The van der Waals surface area contributed by atoms with Crippen LogP contribution in [-0.2, 0) is 6.42 Å². The number of nitrogens with zero attached hydrogens (tertiary/aromatic N) is 1. The van der Waals surface area contributed by atoms with Gasteiger partial charge < -0.3 is 10.3 Å². The second-order valence-corrected chi connectivity index (χ2v) is 5.15. The minimum atomic E-state index is 0.264. The Morgan fingerprint density at radius 1 is 1.38 bits per heavy atom. The molecule has 0 saturated heterocycles. The first-order valence-electron chi connectivity index (χ1n) is 6.34. The lowest BCUT2D eigenvalue weighted by atomic mass is 9.94. The topological polar surface area (TPSA) is 52.0 Å². The fourth-order valence-electron chi connectivity index (χ4n) is 2.81. The highest BCUT2D eigenvalue weighted by atomic mass is 16.5. The molecule has 1 heterocycles. The van der Waals surface area contributed by atoms with E-state index < -0.39 is 0 Å². The molecule has 0 bridgehead atoms. The first-order valence-corrected chi connectivity index (χ1v) is 6.34. The van der Waals surface area contributed by atoms with Crippen molar-refractivity contribution in [1.82, 2.24) is 5.16 Å². The van der Waals surface area contributed by atoms with Gasteiger partial charge in [-0.2, -0.15) is 0 Å². The van der Waals surface area contributed by atoms with Crippen LogP contribution in [0.25, 0.3) is 0 Å². The number of aromatic nitrogens is 1. The zero-order valence-corrected chi connectivity index (χ0v) is 10.3. The van der Waals surface area contributed by atoms with Gasteiger partial charge in [0.1, 0.15) is 5.76 Å². The van der Waals surface area contributed by atoms with Crippen molar-refractivity contribution in [2.75, 3.05) is 0 Å². The highest BCUT2D eigenvalue weighted by Gasteiger charge is 2.20. The number of nitrogens with two attached hydrogens (primary N) is 1. The van der Waals surface area contributed by atoms with Crippen molar-refractivity contribution in [3.8, 4) is 0 Å². The zero-order valence-electron chi connectivity index (χ0n) is 10.3. The quantitative estimate of drug-likeness (QED) is 0.852. The molecule has 1 atom stereocenters. The van der Waals surface area contributed by atoms with Gasteiger partial charge in [-0.25, -0.2) is 0 Å². The van der Waals surface area contributed by atoms with Crippen LogP contribution in [0.15, 0.2) is 4.52 Å². The number of rotatable bonds is 4. The molecule has 0 amide bonds. The average Bonchev–Trinajstić information content (AvgIpc) is 2.83. The fourth-order valence-corrected chi connectivity index (χ4v) is 2.81. The lowest BCUT2D eigenvalue weighted by Crippen LogP contribution is -2.25. The molecule has 0 aromatic carbocycles. The summed E-state index contributed by atoms with van der Waals surface area (Å²) < 4.78 is 5.16. The summed E-state index contributed by atoms with van der Waals surface area (Å²) in [7, 11) is 0. The minimum absolute atomic E-state index is 0.264. The predicted octanol–water partition coefficient (Wildman–Crippen LogP) is 2.74. The van der Waals surface area contributed by atoms with E-state index in [0.717, 1.165) is 30.2 Å². The third-order valence-corrected chi connectivity index (χ3v) is 3.76. The van der Waals surface area contributed by atoms with Crippen molar-refractivity contribution in [3.63, 3.8) is 0 Å². The van der Waals surface area contributed by atoms with Crippen LogP contribution in [0.4, 0.5) is 0 Å². The van der Waals surface area contributed by atoms with Gasteiger partial charge in [0.05, 0.1) is 5.69 Å². The van der Waals surface area contributed by atoms with Crippen LogP contribution in [0, 0.1) is 19.8 Å². The van der Waals surface area contributed by atoms with E-state index in [1.165, 1.54) is 31.2 Å². The molecule has 1 fully saturated rings. The number of hydrogen-bond acceptors (Lipinski definition) is 3. The van der Waals surface area contributed by atoms with Crippen LogP contribution >= 0.6 is 0 Å². The smallest absolute Gasteiger partial charge is 0.137 e. The van der Waals surface area contributed by atoms with Crippen molar-refractivity contribution >= 4 is 0 Å². The molecule has 1 aromatic rings. The molecule has 90 valence electrons. The molecule has 0 aliphatic heterocycles. The summed E-state index contributed by atoms with van der Waals surface area (Å²) in [5, 5.41) is 3.97. The third-order valence-electron chi connectivity index (χ3n) is 3.76. The molecule has 1 saturated carbocycles. The van der Waals surface area contributed by atoms with Gasteiger partial charge >= 0.3 is 0 Å². The molecule has 0 radical (unpaired) electrons. The van der Waals surface area contributed by atoms with Crippen molar-refractivity contribution < 1.29 is 4.52 Å². The van der Waals surface area contributed by atoms with Crippen LogP contribution in [0.5, 0.6) is 0 Å². The second-order valence-electron chi connectivity index (χ2n) is 5.15. The molecule has 0 spiro atoms. The van der Waals surface area contributed by atoms with Crippen molar-refractivity contribution in [3.05, 3.63) is 17.0 Å². The van der Waals surface area contributed by atoms with Crippen molar-refractivity contribution in [2.24, 2.45) is 11.7 Å². The summed E-state index contributed by atoms with van der Waals surface area (Å²) in [5.41, 5.74) is 8.43. The number of aryl methyl sites for hydroxylation is 2. The Labute approximate surface area is 97.4 Å². The molecular weight excluding hydrogens is 200 g/mol. The normalized spacial score (nSPS) is 19.2. The maximum atomic E-state index is 6.21. The Morgan fingerprint density at radius 2 is 2.06 bits per heavy atom. The predicted molar refractivity (Wildman–Crippen MR) is 64.2 cm³/mol. The van der Waals surface area contributed by atoms with E-state index >= 15 is 0 Å². The summed E-state index contributed by atoms with van der Waals surface area (Å²) in [6.45, 7) is 3.96. The van der Waals surface area contributed by atoms with E-state index in [9.17, 15) is 0 Å². The van der Waals surface area contributed by atoms with Gasteiger partial charge in [0.2, 0.25) is 0 Å². The Kier molecular flexibility index (Phi) is 3.64. The van der Waals surface area contributed by atoms with Crippen LogP contribution in [0.3, 0.4) is 0 Å². The van der Waals surface area contributed by atoms with Crippen LogP contribution in [0.1, 0.15) is 49.1 Å². The monoisotopic (exact) mass is 222 g/mol. The van der Waals surface area contributed by atoms with Gasteiger partial charge in [-0.1, -0.05) is 30.8 Å². The summed E-state index contributed by atoms with van der Waals surface area (Å²) in [5.74, 6) is 1.79. The van der Waals surface area contributed by atoms with E-state index in [2.05, 4.69) is 5.16 Å². The summed E-state index contributed by atoms with van der Waals surface area (Å²) in [4.78, 5) is 0. The molecule has 16 heavy (non-hydrogen) atoms. The summed E-state index contributed by atoms with van der Waals surface area (Å²) in [6.07, 6.45) is 7.59. The standard InChI is InChI=1S/C13H22N2O/c1-9-13(10(2)16-15-9)8-12(14)7-11-5-3-4-6-11/h11-12H,3-8,14H2,1-2H3. The van der Waals surface area contributed by atoms with Crippen LogP contribution in [-0.4, -0.2) is 11.2 Å². The van der Waals surface area contributed by atoms with Gasteiger partial charge in [-0.15, -0.1) is 0 Å². The summed E-state index contributed by atoms with van der Waals surface area (Å²) >= 11 is 0. The molecule has 2 N–H and O–H groups in total. The van der Waals surface area contributed by atoms with E-state index in [-0.39, 0.29) is 6.04 Å². The molecule has 1 aliphatic rings.